The van der Waals surface area contributed by atoms with Crippen molar-refractivity contribution in [2.75, 3.05) is 19.6 Å². The van der Waals surface area contributed by atoms with Crippen molar-refractivity contribution in [2.24, 2.45) is 5.41 Å². The molecular weight excluding hydrogens is 314 g/mol. The number of carbonyl (C=O) groups excluding carboxylic acids is 2. The fraction of sp³-hybridized carbons (Fsp3) is 0.529. The number of urea groups is 1. The first kappa shape index (κ1) is 16.1. The molecular formula is C17H22ClN3O2. The van der Waals surface area contributed by atoms with Crippen LogP contribution in [0.2, 0.25) is 5.02 Å². The van der Waals surface area contributed by atoms with Crippen molar-refractivity contribution in [3.63, 3.8) is 0 Å². The highest BCUT2D eigenvalue weighted by atomic mass is 35.5. The molecule has 0 unspecified atom stereocenters. The predicted octanol–water partition coefficient (Wildman–Crippen LogP) is 2.71. The first-order valence-corrected chi connectivity index (χ1v) is 8.43. The molecule has 1 aromatic carbocycles. The molecule has 0 radical (unpaired) electrons. The Hall–Kier alpha value is -1.75. The second-order valence-corrected chi connectivity index (χ2v) is 7.04. The van der Waals surface area contributed by atoms with E-state index in [1.165, 1.54) is 0 Å². The molecule has 5 nitrogen and oxygen atoms in total. The standard InChI is InChI=1S/C17H22ClN3O2/c1-12(13-4-2-3-5-14(13)18)20-16(23)21-8-6-17(7-9-21)10-15(22)19-11-17/h2-5,12H,6-11H2,1H3,(H,19,22)(H,20,23)/t12-/m0/s1. The van der Waals surface area contributed by atoms with Crippen LogP contribution in [0.15, 0.2) is 24.3 Å². The molecule has 0 bridgehead atoms. The van der Waals surface area contributed by atoms with Gasteiger partial charge in [0.05, 0.1) is 6.04 Å². The topological polar surface area (TPSA) is 61.4 Å². The van der Waals surface area contributed by atoms with E-state index in [-0.39, 0.29) is 23.4 Å². The Kier molecular flexibility index (Phi) is 4.48. The van der Waals surface area contributed by atoms with Crippen LogP contribution in [-0.2, 0) is 4.79 Å². The van der Waals surface area contributed by atoms with Crippen LogP contribution in [0.4, 0.5) is 4.79 Å². The van der Waals surface area contributed by atoms with Crippen molar-refractivity contribution in [1.82, 2.24) is 15.5 Å². The smallest absolute Gasteiger partial charge is 0.317 e. The summed E-state index contributed by atoms with van der Waals surface area (Å²) in [5.74, 6) is 0.134. The Balaban J connectivity index is 1.56. The van der Waals surface area contributed by atoms with E-state index in [9.17, 15) is 9.59 Å². The molecule has 0 aromatic heterocycles. The first-order valence-electron chi connectivity index (χ1n) is 8.06. The van der Waals surface area contributed by atoms with E-state index in [0.29, 0.717) is 24.5 Å². The Bertz CT molecular complexity index is 612. The maximum Gasteiger partial charge on any atom is 0.317 e. The molecule has 2 aliphatic heterocycles. The van der Waals surface area contributed by atoms with Gasteiger partial charge < -0.3 is 15.5 Å². The van der Waals surface area contributed by atoms with Gasteiger partial charge in [0.1, 0.15) is 0 Å². The Morgan fingerprint density at radius 2 is 2.04 bits per heavy atom. The summed E-state index contributed by atoms with van der Waals surface area (Å²) in [5, 5.41) is 6.59. The maximum absolute atomic E-state index is 12.4. The molecule has 3 rings (SSSR count). The van der Waals surface area contributed by atoms with Crippen LogP contribution in [0.5, 0.6) is 0 Å². The van der Waals surface area contributed by atoms with Gasteiger partial charge in [0.25, 0.3) is 0 Å². The molecule has 2 heterocycles. The van der Waals surface area contributed by atoms with Crippen LogP contribution in [0.1, 0.15) is 37.8 Å². The summed E-state index contributed by atoms with van der Waals surface area (Å²) in [6.45, 7) is 4.06. The third-order valence-electron chi connectivity index (χ3n) is 5.02. The fourth-order valence-corrected chi connectivity index (χ4v) is 3.77. The van der Waals surface area contributed by atoms with Crippen molar-refractivity contribution >= 4 is 23.5 Å². The largest absolute Gasteiger partial charge is 0.356 e. The summed E-state index contributed by atoms with van der Waals surface area (Å²) >= 11 is 6.18. The highest BCUT2D eigenvalue weighted by Gasteiger charge is 2.41. The lowest BCUT2D eigenvalue weighted by Gasteiger charge is -2.38. The summed E-state index contributed by atoms with van der Waals surface area (Å²) in [7, 11) is 0. The van der Waals surface area contributed by atoms with Gasteiger partial charge in [-0.15, -0.1) is 0 Å². The number of benzene rings is 1. The Morgan fingerprint density at radius 3 is 2.65 bits per heavy atom. The average molecular weight is 336 g/mol. The number of piperidine rings is 1. The van der Waals surface area contributed by atoms with Gasteiger partial charge in [-0.3, -0.25) is 4.79 Å². The van der Waals surface area contributed by atoms with Crippen molar-refractivity contribution in [1.29, 1.82) is 0 Å². The van der Waals surface area contributed by atoms with Gasteiger partial charge in [-0.05, 0) is 36.8 Å². The molecule has 3 amide bonds. The van der Waals surface area contributed by atoms with Crippen molar-refractivity contribution < 1.29 is 9.59 Å². The Labute approximate surface area is 141 Å². The van der Waals surface area contributed by atoms with Gasteiger partial charge >= 0.3 is 6.03 Å². The third kappa shape index (κ3) is 3.44. The monoisotopic (exact) mass is 335 g/mol. The van der Waals surface area contributed by atoms with Crippen LogP contribution in [0.25, 0.3) is 0 Å². The van der Waals surface area contributed by atoms with E-state index in [1.807, 2.05) is 36.1 Å². The highest BCUT2D eigenvalue weighted by molar-refractivity contribution is 6.31. The number of hydrogen-bond donors (Lipinski definition) is 2. The number of likely N-dealkylation sites (tertiary alicyclic amines) is 1. The van der Waals surface area contributed by atoms with Crippen LogP contribution >= 0.6 is 11.6 Å². The lowest BCUT2D eigenvalue weighted by molar-refractivity contribution is -0.119. The lowest BCUT2D eigenvalue weighted by atomic mass is 9.78. The number of hydrogen-bond acceptors (Lipinski definition) is 2. The SMILES string of the molecule is C[C@H](NC(=O)N1CCC2(CC1)CNC(=O)C2)c1ccccc1Cl. The molecule has 2 aliphatic rings. The third-order valence-corrected chi connectivity index (χ3v) is 5.36. The van der Waals surface area contributed by atoms with Crippen molar-refractivity contribution in [3.05, 3.63) is 34.9 Å². The van der Waals surface area contributed by atoms with Gasteiger partial charge in [-0.2, -0.15) is 0 Å². The number of rotatable bonds is 2. The van der Waals surface area contributed by atoms with E-state index in [1.54, 1.807) is 0 Å². The van der Waals surface area contributed by atoms with Crippen molar-refractivity contribution in [2.45, 2.75) is 32.2 Å². The molecule has 1 atom stereocenters. The van der Waals surface area contributed by atoms with E-state index in [0.717, 1.165) is 24.9 Å². The molecule has 1 aromatic rings. The molecule has 1 spiro atoms. The fourth-order valence-electron chi connectivity index (χ4n) is 3.47. The van der Waals surface area contributed by atoms with Gasteiger partial charge in [-0.25, -0.2) is 4.79 Å². The summed E-state index contributed by atoms with van der Waals surface area (Å²) < 4.78 is 0. The number of halogens is 1. The normalized spacial score (nSPS) is 21.1. The van der Waals surface area contributed by atoms with Gasteiger partial charge in [-0.1, -0.05) is 29.8 Å². The highest BCUT2D eigenvalue weighted by Crippen LogP contribution is 2.37. The maximum atomic E-state index is 12.4. The van der Waals surface area contributed by atoms with Crippen LogP contribution < -0.4 is 10.6 Å². The second-order valence-electron chi connectivity index (χ2n) is 6.63. The van der Waals surface area contributed by atoms with Crippen LogP contribution in [-0.4, -0.2) is 36.5 Å². The average Bonchev–Trinajstić information content (AvgIpc) is 2.89. The number of amides is 3. The number of nitrogens with one attached hydrogen (secondary N) is 2. The van der Waals surface area contributed by atoms with Crippen molar-refractivity contribution in [3.8, 4) is 0 Å². The summed E-state index contributed by atoms with van der Waals surface area (Å²) in [5.41, 5.74) is 0.976. The van der Waals surface area contributed by atoms with Gasteiger partial charge in [0.15, 0.2) is 0 Å². The molecule has 6 heteroatoms. The molecule has 2 N–H and O–H groups in total. The minimum absolute atomic E-state index is 0.0578. The predicted molar refractivity (Wildman–Crippen MR) is 89.3 cm³/mol. The number of carbonyl (C=O) groups is 2. The molecule has 2 fully saturated rings. The quantitative estimate of drug-likeness (QED) is 0.873. The molecule has 2 saturated heterocycles. The second kappa shape index (κ2) is 6.40. The zero-order valence-electron chi connectivity index (χ0n) is 13.3. The van der Waals surface area contributed by atoms with Gasteiger partial charge in [0.2, 0.25) is 5.91 Å². The zero-order chi connectivity index (χ0) is 16.4. The summed E-state index contributed by atoms with van der Waals surface area (Å²) in [4.78, 5) is 25.7. The Morgan fingerprint density at radius 1 is 1.35 bits per heavy atom. The first-order chi connectivity index (χ1) is 11.0. The van der Waals surface area contributed by atoms with Crippen LogP contribution in [0, 0.1) is 5.41 Å². The zero-order valence-corrected chi connectivity index (χ0v) is 14.0. The van der Waals surface area contributed by atoms with Gasteiger partial charge in [0, 0.05) is 31.1 Å². The minimum atomic E-state index is -0.137. The summed E-state index contributed by atoms with van der Waals surface area (Å²) in [6, 6.07) is 7.34. The molecule has 23 heavy (non-hydrogen) atoms. The van der Waals surface area contributed by atoms with E-state index in [4.69, 9.17) is 11.6 Å². The molecule has 124 valence electrons. The molecule has 0 aliphatic carbocycles. The van der Waals surface area contributed by atoms with E-state index in [2.05, 4.69) is 10.6 Å². The van der Waals surface area contributed by atoms with Crippen LogP contribution in [0.3, 0.4) is 0 Å². The van der Waals surface area contributed by atoms with E-state index < -0.39 is 0 Å². The summed E-state index contributed by atoms with van der Waals surface area (Å²) in [6.07, 6.45) is 2.34. The molecule has 0 saturated carbocycles. The minimum Gasteiger partial charge on any atom is -0.356 e. The number of nitrogens with zero attached hydrogens (tertiary/aromatic N) is 1. The van der Waals surface area contributed by atoms with E-state index >= 15 is 0 Å². The lowest BCUT2D eigenvalue weighted by Crippen LogP contribution is -2.48.